The molecular formula is C23H19N3O3. The zero-order chi connectivity index (χ0) is 19.8. The number of nitrogens with zero attached hydrogens (tertiary/aromatic N) is 3. The van der Waals surface area contributed by atoms with Crippen molar-refractivity contribution < 1.29 is 14.4 Å². The highest BCUT2D eigenvalue weighted by molar-refractivity contribution is 6.07. The standard InChI is InChI=1S/C23H19N3O3/c27-22-19-20(17-11-13-24-14-12-17)26(18-9-5-2-6-10-18)29-21(19)23(28)25(22)15-16-7-3-1-4-8-16/h1-14,19-21H,15H2/t19-,20+,21-/m1/s1. The second-order valence-corrected chi connectivity index (χ2v) is 7.19. The Morgan fingerprint density at radius 1 is 0.828 bits per heavy atom. The number of carbonyl (C=O) groups excluding carboxylic acids is 2. The number of aromatic nitrogens is 1. The summed E-state index contributed by atoms with van der Waals surface area (Å²) in [5.74, 6) is -1.10. The van der Waals surface area contributed by atoms with Crippen LogP contribution in [0.15, 0.2) is 85.2 Å². The number of carbonyl (C=O) groups is 2. The zero-order valence-corrected chi connectivity index (χ0v) is 15.6. The molecule has 2 aromatic carbocycles. The smallest absolute Gasteiger partial charge is 0.262 e. The summed E-state index contributed by atoms with van der Waals surface area (Å²) in [7, 11) is 0. The highest BCUT2D eigenvalue weighted by atomic mass is 16.7. The fourth-order valence-electron chi connectivity index (χ4n) is 4.09. The van der Waals surface area contributed by atoms with Gasteiger partial charge in [0.1, 0.15) is 5.92 Å². The molecule has 0 saturated carbocycles. The highest BCUT2D eigenvalue weighted by Gasteiger charge is 2.59. The summed E-state index contributed by atoms with van der Waals surface area (Å²) in [6, 6.07) is 22.4. The Labute approximate surface area is 168 Å². The summed E-state index contributed by atoms with van der Waals surface area (Å²) in [5, 5.41) is 1.69. The van der Waals surface area contributed by atoms with Gasteiger partial charge in [-0.25, -0.2) is 5.06 Å². The van der Waals surface area contributed by atoms with E-state index in [-0.39, 0.29) is 18.4 Å². The third-order valence-electron chi connectivity index (χ3n) is 5.45. The molecule has 1 aromatic heterocycles. The van der Waals surface area contributed by atoms with Crippen molar-refractivity contribution in [2.45, 2.75) is 18.7 Å². The van der Waals surface area contributed by atoms with Gasteiger partial charge >= 0.3 is 0 Å². The molecule has 6 heteroatoms. The lowest BCUT2D eigenvalue weighted by Gasteiger charge is -2.28. The van der Waals surface area contributed by atoms with Gasteiger partial charge in [-0.3, -0.25) is 24.3 Å². The predicted octanol–water partition coefficient (Wildman–Crippen LogP) is 3.13. The molecule has 0 aliphatic carbocycles. The molecule has 0 spiro atoms. The third-order valence-corrected chi connectivity index (χ3v) is 5.45. The summed E-state index contributed by atoms with van der Waals surface area (Å²) in [6.45, 7) is 0.253. The van der Waals surface area contributed by atoms with Gasteiger partial charge in [0.25, 0.3) is 5.91 Å². The van der Waals surface area contributed by atoms with Gasteiger partial charge in [-0.1, -0.05) is 48.5 Å². The summed E-state index contributed by atoms with van der Waals surface area (Å²) in [4.78, 5) is 37.9. The lowest BCUT2D eigenvalue weighted by molar-refractivity contribution is -0.143. The molecule has 5 rings (SSSR count). The topological polar surface area (TPSA) is 62.7 Å². The predicted molar refractivity (Wildman–Crippen MR) is 106 cm³/mol. The first-order valence-corrected chi connectivity index (χ1v) is 9.54. The van der Waals surface area contributed by atoms with E-state index in [1.165, 1.54) is 4.90 Å². The van der Waals surface area contributed by atoms with Crippen LogP contribution in [0.1, 0.15) is 17.2 Å². The molecule has 2 aliphatic rings. The van der Waals surface area contributed by atoms with Crippen LogP contribution in [0.3, 0.4) is 0 Å². The maximum absolute atomic E-state index is 13.3. The molecular weight excluding hydrogens is 366 g/mol. The van der Waals surface area contributed by atoms with Crippen LogP contribution in [0.25, 0.3) is 0 Å². The molecule has 3 atom stereocenters. The number of pyridine rings is 1. The first kappa shape index (κ1) is 17.6. The molecule has 2 amide bonds. The molecule has 0 N–H and O–H groups in total. The summed E-state index contributed by atoms with van der Waals surface area (Å²) < 4.78 is 0. The van der Waals surface area contributed by atoms with E-state index in [1.54, 1.807) is 17.5 Å². The minimum absolute atomic E-state index is 0.205. The van der Waals surface area contributed by atoms with E-state index in [9.17, 15) is 9.59 Å². The van der Waals surface area contributed by atoms with Crippen LogP contribution in [0.2, 0.25) is 0 Å². The number of hydroxylamine groups is 1. The van der Waals surface area contributed by atoms with Gasteiger partial charge < -0.3 is 0 Å². The first-order valence-electron chi connectivity index (χ1n) is 9.54. The fourth-order valence-corrected chi connectivity index (χ4v) is 4.09. The number of likely N-dealkylation sites (tertiary alicyclic amines) is 1. The molecule has 2 fully saturated rings. The van der Waals surface area contributed by atoms with Crippen molar-refractivity contribution in [1.29, 1.82) is 0 Å². The lowest BCUT2D eigenvalue weighted by Crippen LogP contribution is -2.36. The largest absolute Gasteiger partial charge is 0.275 e. The van der Waals surface area contributed by atoms with Gasteiger partial charge in [0.05, 0.1) is 18.3 Å². The average Bonchev–Trinajstić information content (AvgIpc) is 3.28. The van der Waals surface area contributed by atoms with Crippen LogP contribution < -0.4 is 5.06 Å². The van der Waals surface area contributed by atoms with Crippen LogP contribution in [0, 0.1) is 5.92 Å². The second kappa shape index (κ2) is 7.14. The van der Waals surface area contributed by atoms with Crippen LogP contribution in [-0.2, 0) is 21.0 Å². The second-order valence-electron chi connectivity index (χ2n) is 7.19. The van der Waals surface area contributed by atoms with E-state index >= 15 is 0 Å². The maximum atomic E-state index is 13.3. The molecule has 3 aromatic rings. The van der Waals surface area contributed by atoms with Gasteiger partial charge in [0.2, 0.25) is 5.91 Å². The molecule has 0 radical (unpaired) electrons. The van der Waals surface area contributed by atoms with Crippen LogP contribution in [0.4, 0.5) is 5.69 Å². The third kappa shape index (κ3) is 2.98. The van der Waals surface area contributed by atoms with Crippen molar-refractivity contribution in [2.75, 3.05) is 5.06 Å². The number of para-hydroxylation sites is 1. The molecule has 2 saturated heterocycles. The Bertz CT molecular complexity index is 1030. The average molecular weight is 385 g/mol. The molecule has 0 unspecified atom stereocenters. The van der Waals surface area contributed by atoms with Crippen LogP contribution in [-0.4, -0.2) is 27.8 Å². The van der Waals surface area contributed by atoms with E-state index in [1.807, 2.05) is 72.8 Å². The van der Waals surface area contributed by atoms with Gasteiger partial charge in [0.15, 0.2) is 6.10 Å². The Hall–Kier alpha value is -3.51. The van der Waals surface area contributed by atoms with Gasteiger partial charge in [0, 0.05) is 12.4 Å². The fraction of sp³-hybridized carbons (Fsp3) is 0.174. The number of imide groups is 1. The number of amides is 2. The van der Waals surface area contributed by atoms with Crippen molar-refractivity contribution in [3.05, 3.63) is 96.3 Å². The van der Waals surface area contributed by atoms with E-state index in [2.05, 4.69) is 4.98 Å². The van der Waals surface area contributed by atoms with Crippen molar-refractivity contribution in [2.24, 2.45) is 5.92 Å². The van der Waals surface area contributed by atoms with Crippen LogP contribution in [0.5, 0.6) is 0 Å². The monoisotopic (exact) mass is 385 g/mol. The van der Waals surface area contributed by atoms with Crippen molar-refractivity contribution in [3.63, 3.8) is 0 Å². The number of fused-ring (bicyclic) bond motifs is 1. The molecule has 3 heterocycles. The number of anilines is 1. The minimum atomic E-state index is -0.829. The Balaban J connectivity index is 1.52. The summed E-state index contributed by atoms with van der Waals surface area (Å²) in [6.07, 6.45) is 2.55. The van der Waals surface area contributed by atoms with E-state index < -0.39 is 18.1 Å². The van der Waals surface area contributed by atoms with Gasteiger partial charge in [-0.05, 0) is 35.4 Å². The molecule has 29 heavy (non-hydrogen) atoms. The molecule has 2 aliphatic heterocycles. The highest BCUT2D eigenvalue weighted by Crippen LogP contribution is 2.46. The van der Waals surface area contributed by atoms with Crippen LogP contribution >= 0.6 is 0 Å². The number of rotatable bonds is 4. The normalized spacial score (nSPS) is 23.5. The van der Waals surface area contributed by atoms with E-state index in [0.29, 0.717) is 0 Å². The van der Waals surface area contributed by atoms with Crippen molar-refractivity contribution in [3.8, 4) is 0 Å². The molecule has 6 nitrogen and oxygen atoms in total. The quantitative estimate of drug-likeness (QED) is 0.646. The minimum Gasteiger partial charge on any atom is -0.275 e. The van der Waals surface area contributed by atoms with Crippen molar-refractivity contribution in [1.82, 2.24) is 9.88 Å². The Kier molecular flexibility index (Phi) is 4.33. The molecule has 0 bridgehead atoms. The number of hydrogen-bond acceptors (Lipinski definition) is 5. The SMILES string of the molecule is O=C1[C@H]2[C@@H](ON(c3ccccc3)[C@H]2c2ccncc2)C(=O)N1Cc1ccccc1. The Morgan fingerprint density at radius 3 is 2.17 bits per heavy atom. The Morgan fingerprint density at radius 2 is 1.48 bits per heavy atom. The first-order chi connectivity index (χ1) is 14.2. The van der Waals surface area contributed by atoms with Gasteiger partial charge in [-0.2, -0.15) is 0 Å². The lowest BCUT2D eigenvalue weighted by atomic mass is 9.91. The van der Waals surface area contributed by atoms with E-state index in [0.717, 1.165) is 16.8 Å². The molecule has 144 valence electrons. The van der Waals surface area contributed by atoms with E-state index in [4.69, 9.17) is 4.84 Å². The maximum Gasteiger partial charge on any atom is 0.262 e. The number of benzene rings is 2. The van der Waals surface area contributed by atoms with Crippen molar-refractivity contribution >= 4 is 17.5 Å². The summed E-state index contributed by atoms with van der Waals surface area (Å²) in [5.41, 5.74) is 2.60. The number of hydrogen-bond donors (Lipinski definition) is 0. The van der Waals surface area contributed by atoms with Gasteiger partial charge in [-0.15, -0.1) is 0 Å². The summed E-state index contributed by atoms with van der Waals surface area (Å²) >= 11 is 0. The zero-order valence-electron chi connectivity index (χ0n) is 15.6.